The lowest BCUT2D eigenvalue weighted by atomic mass is 9.68. The van der Waals surface area contributed by atoms with Crippen LogP contribution in [0.4, 0.5) is 15.8 Å². The number of carbonyl (C=O) groups excluding carboxylic acids is 1. The smallest absolute Gasteiger partial charge is 0.276 e. The lowest BCUT2D eigenvalue weighted by molar-refractivity contribution is 0.0178. The molecule has 1 aliphatic carbocycles. The number of halogens is 1. The Morgan fingerprint density at radius 1 is 1.17 bits per heavy atom. The lowest BCUT2D eigenvalue weighted by Crippen LogP contribution is -2.35. The summed E-state index contributed by atoms with van der Waals surface area (Å²) in [7, 11) is 0. The van der Waals surface area contributed by atoms with Gasteiger partial charge in [0.15, 0.2) is 5.69 Å². The van der Waals surface area contributed by atoms with Crippen molar-refractivity contribution >= 4 is 17.3 Å². The van der Waals surface area contributed by atoms with E-state index in [-0.39, 0.29) is 29.3 Å². The molecule has 0 spiro atoms. The summed E-state index contributed by atoms with van der Waals surface area (Å²) in [5, 5.41) is 13.8. The highest BCUT2D eigenvalue weighted by atomic mass is 19.1. The summed E-state index contributed by atoms with van der Waals surface area (Å²) in [5.74, 6) is 0.342. The third-order valence-electron chi connectivity index (χ3n) is 6.83. The minimum atomic E-state index is -0.470. The van der Waals surface area contributed by atoms with Gasteiger partial charge in [-0.3, -0.25) is 14.8 Å². The molecule has 3 heterocycles. The lowest BCUT2D eigenvalue weighted by Gasteiger charge is -2.39. The Bertz CT molecular complexity index is 1170. The number of pyridine rings is 3. The maximum absolute atomic E-state index is 13.2. The Morgan fingerprint density at radius 2 is 1.94 bits per heavy atom. The zero-order chi connectivity index (χ0) is 25.1. The van der Waals surface area contributed by atoms with E-state index in [0.717, 1.165) is 24.6 Å². The molecule has 4 rings (SSSR count). The topological polar surface area (TPSA) is 114 Å². The van der Waals surface area contributed by atoms with E-state index in [1.54, 1.807) is 24.5 Å². The number of carbonyl (C=O) groups is 1. The van der Waals surface area contributed by atoms with E-state index >= 15 is 0 Å². The summed E-state index contributed by atoms with van der Waals surface area (Å²) in [4.78, 5) is 25.8. The Hall–Kier alpha value is -3.39. The van der Waals surface area contributed by atoms with Crippen LogP contribution >= 0.6 is 0 Å². The summed E-state index contributed by atoms with van der Waals surface area (Å²) in [6.45, 7) is 6.56. The second-order valence-corrected chi connectivity index (χ2v) is 9.92. The van der Waals surface area contributed by atoms with E-state index in [0.29, 0.717) is 35.3 Å². The Balaban J connectivity index is 1.56. The van der Waals surface area contributed by atoms with Gasteiger partial charge in [0.2, 0.25) is 0 Å². The Labute approximate surface area is 205 Å². The first-order valence-electron chi connectivity index (χ1n) is 12.0. The molecule has 1 amide bonds. The molecular formula is C27H32FN5O2. The van der Waals surface area contributed by atoms with E-state index in [1.165, 1.54) is 12.1 Å². The summed E-state index contributed by atoms with van der Waals surface area (Å²) >= 11 is 0. The van der Waals surface area contributed by atoms with Crippen molar-refractivity contribution in [2.75, 3.05) is 11.1 Å². The monoisotopic (exact) mass is 477 g/mol. The van der Waals surface area contributed by atoms with Crippen LogP contribution in [-0.4, -0.2) is 32.1 Å². The van der Waals surface area contributed by atoms with Crippen molar-refractivity contribution < 1.29 is 14.3 Å². The maximum Gasteiger partial charge on any atom is 0.276 e. The van der Waals surface area contributed by atoms with Crippen LogP contribution in [0.5, 0.6) is 0 Å². The molecule has 4 atom stereocenters. The van der Waals surface area contributed by atoms with Gasteiger partial charge in [0.1, 0.15) is 5.82 Å². The fourth-order valence-electron chi connectivity index (χ4n) is 5.12. The number of nitrogens with zero attached hydrogens (tertiary/aromatic N) is 3. The van der Waals surface area contributed by atoms with E-state index in [4.69, 9.17) is 5.73 Å². The third-order valence-corrected chi connectivity index (χ3v) is 6.83. The number of hydrogen-bond acceptors (Lipinski definition) is 6. The predicted molar refractivity (Wildman–Crippen MR) is 134 cm³/mol. The van der Waals surface area contributed by atoms with Gasteiger partial charge in [0.25, 0.3) is 5.91 Å². The molecule has 3 aromatic rings. The molecule has 184 valence electrons. The van der Waals surface area contributed by atoms with Crippen LogP contribution in [0, 0.1) is 23.6 Å². The molecule has 7 nitrogen and oxygen atoms in total. The fraction of sp³-hybridized carbons (Fsp3) is 0.407. The molecule has 1 aliphatic rings. The number of aliphatic hydroxyl groups excluding tert-OH is 1. The molecule has 4 N–H and O–H groups in total. The highest BCUT2D eigenvalue weighted by Crippen LogP contribution is 2.43. The largest absolute Gasteiger partial charge is 0.397 e. The Kier molecular flexibility index (Phi) is 7.40. The van der Waals surface area contributed by atoms with Gasteiger partial charge in [0.05, 0.1) is 41.3 Å². The zero-order valence-corrected chi connectivity index (χ0v) is 20.3. The fourth-order valence-corrected chi connectivity index (χ4v) is 5.12. The van der Waals surface area contributed by atoms with Crippen molar-refractivity contribution in [3.8, 4) is 11.4 Å². The maximum atomic E-state index is 13.2. The summed E-state index contributed by atoms with van der Waals surface area (Å²) in [6.07, 6.45) is 6.59. The van der Waals surface area contributed by atoms with Gasteiger partial charge in [-0.05, 0) is 78.8 Å². The van der Waals surface area contributed by atoms with Gasteiger partial charge in [-0.1, -0.05) is 20.8 Å². The van der Waals surface area contributed by atoms with Crippen LogP contribution in [0.2, 0.25) is 0 Å². The predicted octanol–water partition coefficient (Wildman–Crippen LogP) is 5.05. The van der Waals surface area contributed by atoms with E-state index < -0.39 is 11.7 Å². The quantitative estimate of drug-likeness (QED) is 0.458. The average molecular weight is 478 g/mol. The molecule has 0 aromatic carbocycles. The van der Waals surface area contributed by atoms with Crippen LogP contribution in [0.3, 0.4) is 0 Å². The number of aromatic nitrogens is 3. The molecular weight excluding hydrogens is 445 g/mol. The van der Waals surface area contributed by atoms with Gasteiger partial charge >= 0.3 is 0 Å². The molecule has 0 aliphatic heterocycles. The number of nitrogens with two attached hydrogens (primary N) is 1. The van der Waals surface area contributed by atoms with Crippen molar-refractivity contribution in [1.82, 2.24) is 15.0 Å². The number of aliphatic hydroxyl groups is 1. The van der Waals surface area contributed by atoms with Crippen molar-refractivity contribution in [2.45, 2.75) is 52.1 Å². The second kappa shape index (κ2) is 10.5. The Morgan fingerprint density at radius 3 is 2.63 bits per heavy atom. The standard InChI is InChI=1S/C27H32FN5O2/c1-15(2)10-20-16(3)11-17(12-25(20)34)19-8-9-30-14-24(19)33-27(35)26-21(29)5-7-23(32-26)22-6-4-18(28)13-31-22/h4-9,13-17,20,25,34H,10-12,29H2,1-3H3,(H,33,35). The number of amides is 1. The van der Waals surface area contributed by atoms with Crippen LogP contribution < -0.4 is 11.1 Å². The van der Waals surface area contributed by atoms with Crippen molar-refractivity contribution in [3.05, 3.63) is 66.0 Å². The second-order valence-electron chi connectivity index (χ2n) is 9.92. The van der Waals surface area contributed by atoms with Crippen molar-refractivity contribution in [2.24, 2.45) is 17.8 Å². The van der Waals surface area contributed by atoms with Crippen LogP contribution in [-0.2, 0) is 0 Å². The zero-order valence-electron chi connectivity index (χ0n) is 20.3. The molecule has 0 bridgehead atoms. The normalized spacial score (nSPS) is 22.2. The van der Waals surface area contributed by atoms with Crippen LogP contribution in [0.1, 0.15) is 62.0 Å². The summed E-state index contributed by atoms with van der Waals surface area (Å²) < 4.78 is 13.2. The number of hydrogen-bond donors (Lipinski definition) is 3. The molecule has 0 radical (unpaired) electrons. The third kappa shape index (κ3) is 5.65. The van der Waals surface area contributed by atoms with Gasteiger partial charge in [-0.2, -0.15) is 0 Å². The van der Waals surface area contributed by atoms with Gasteiger partial charge < -0.3 is 16.2 Å². The molecule has 1 saturated carbocycles. The highest BCUT2D eigenvalue weighted by Gasteiger charge is 2.36. The molecule has 8 heteroatoms. The van der Waals surface area contributed by atoms with E-state index in [1.807, 2.05) is 6.07 Å². The molecule has 4 unspecified atom stereocenters. The first-order valence-corrected chi connectivity index (χ1v) is 12.0. The minimum absolute atomic E-state index is 0.0532. The SMILES string of the molecule is CC(C)CC1C(C)CC(c2ccncc2NC(=O)c2nc(-c3ccc(F)cn3)ccc2N)CC1O. The van der Waals surface area contributed by atoms with Crippen LogP contribution in [0.25, 0.3) is 11.4 Å². The minimum Gasteiger partial charge on any atom is -0.397 e. The van der Waals surface area contributed by atoms with E-state index in [9.17, 15) is 14.3 Å². The number of nitrogen functional groups attached to an aromatic ring is 1. The summed E-state index contributed by atoms with van der Waals surface area (Å²) in [6, 6.07) is 7.91. The highest BCUT2D eigenvalue weighted by molar-refractivity contribution is 6.06. The average Bonchev–Trinajstić information content (AvgIpc) is 2.82. The van der Waals surface area contributed by atoms with Crippen molar-refractivity contribution in [3.63, 3.8) is 0 Å². The molecule has 35 heavy (non-hydrogen) atoms. The first kappa shape index (κ1) is 24.7. The summed E-state index contributed by atoms with van der Waals surface area (Å²) in [5.41, 5.74) is 8.71. The van der Waals surface area contributed by atoms with Crippen LogP contribution in [0.15, 0.2) is 48.9 Å². The number of rotatable bonds is 6. The molecule has 1 fully saturated rings. The number of nitrogens with one attached hydrogen (secondary N) is 1. The van der Waals surface area contributed by atoms with Gasteiger partial charge in [-0.15, -0.1) is 0 Å². The molecule has 3 aromatic heterocycles. The first-order chi connectivity index (χ1) is 16.7. The van der Waals surface area contributed by atoms with Crippen molar-refractivity contribution in [1.29, 1.82) is 0 Å². The van der Waals surface area contributed by atoms with Gasteiger partial charge in [0, 0.05) is 6.20 Å². The van der Waals surface area contributed by atoms with E-state index in [2.05, 4.69) is 41.0 Å². The molecule has 0 saturated heterocycles. The van der Waals surface area contributed by atoms with Gasteiger partial charge in [-0.25, -0.2) is 9.37 Å². The number of anilines is 2.